The fourth-order valence-electron chi connectivity index (χ4n) is 5.22. The van der Waals surface area contributed by atoms with Gasteiger partial charge >= 0.3 is 0 Å². The molecular formula is C29H29FN4O3. The maximum absolute atomic E-state index is 14.2. The molecule has 8 heteroatoms. The zero-order valence-electron chi connectivity index (χ0n) is 20.7. The number of aryl methyl sites for hydroxylation is 1. The first-order chi connectivity index (χ1) is 17.9. The van der Waals surface area contributed by atoms with Crippen LogP contribution in [0.25, 0.3) is 0 Å². The molecule has 0 unspecified atom stereocenters. The maximum atomic E-state index is 14.2. The minimum atomic E-state index is -0.877. The number of hydrogen-bond acceptors (Lipinski definition) is 4. The van der Waals surface area contributed by atoms with Crippen molar-refractivity contribution < 1.29 is 18.8 Å². The smallest absolute Gasteiger partial charge is 0.256 e. The first kappa shape index (κ1) is 24.5. The predicted octanol–water partition coefficient (Wildman–Crippen LogP) is 4.05. The number of para-hydroxylation sites is 1. The van der Waals surface area contributed by atoms with Crippen molar-refractivity contribution in [3.05, 3.63) is 95.8 Å². The lowest BCUT2D eigenvalue weighted by Crippen LogP contribution is -2.57. The lowest BCUT2D eigenvalue weighted by Gasteiger charge is -2.43. The molecule has 0 radical (unpaired) electrons. The van der Waals surface area contributed by atoms with Gasteiger partial charge in [-0.05, 0) is 56.2 Å². The largest absolute Gasteiger partial charge is 0.339 e. The van der Waals surface area contributed by atoms with Gasteiger partial charge in [0.25, 0.3) is 11.8 Å². The number of nitrogens with one attached hydrogen (secondary N) is 1. The second kappa shape index (κ2) is 10.0. The number of benzene rings is 3. The van der Waals surface area contributed by atoms with Crippen molar-refractivity contribution in [2.45, 2.75) is 25.3 Å². The Labute approximate surface area is 215 Å². The molecule has 7 nitrogen and oxygen atoms in total. The highest BCUT2D eigenvalue weighted by molar-refractivity contribution is 6.00. The molecule has 2 heterocycles. The Morgan fingerprint density at radius 3 is 2.24 bits per heavy atom. The van der Waals surface area contributed by atoms with E-state index in [0.717, 1.165) is 11.3 Å². The summed E-state index contributed by atoms with van der Waals surface area (Å²) in [6, 6.07) is 23.1. The van der Waals surface area contributed by atoms with Crippen LogP contribution in [0.2, 0.25) is 0 Å². The summed E-state index contributed by atoms with van der Waals surface area (Å²) in [5, 5.41) is 2.87. The third kappa shape index (κ3) is 4.79. The molecular weight excluding hydrogens is 471 g/mol. The Morgan fingerprint density at radius 1 is 0.919 bits per heavy atom. The molecule has 37 heavy (non-hydrogen) atoms. The molecule has 0 bridgehead atoms. The highest BCUT2D eigenvalue weighted by Gasteiger charge is 2.54. The van der Waals surface area contributed by atoms with Crippen molar-refractivity contribution in [3.63, 3.8) is 0 Å². The lowest BCUT2D eigenvalue weighted by molar-refractivity contribution is -0.136. The van der Waals surface area contributed by atoms with Crippen LogP contribution in [0.3, 0.4) is 0 Å². The minimum Gasteiger partial charge on any atom is -0.339 e. The fourth-order valence-corrected chi connectivity index (χ4v) is 5.22. The molecule has 3 aromatic carbocycles. The number of piperidine rings is 1. The number of rotatable bonds is 5. The third-order valence-electron chi connectivity index (χ3n) is 7.23. The summed E-state index contributed by atoms with van der Waals surface area (Å²) in [6.45, 7) is 2.79. The molecule has 2 saturated heterocycles. The average molecular weight is 501 g/mol. The highest BCUT2D eigenvalue weighted by Crippen LogP contribution is 2.39. The van der Waals surface area contributed by atoms with Gasteiger partial charge in [0.05, 0.1) is 12.2 Å². The van der Waals surface area contributed by atoms with E-state index in [4.69, 9.17) is 0 Å². The van der Waals surface area contributed by atoms with Crippen LogP contribution >= 0.6 is 0 Å². The highest BCUT2D eigenvalue weighted by atomic mass is 19.1. The Kier molecular flexibility index (Phi) is 6.65. The first-order valence-electron chi connectivity index (χ1n) is 12.4. The number of carbonyl (C=O) groups excluding carboxylic acids is 3. The molecule has 0 aliphatic carbocycles. The third-order valence-corrected chi connectivity index (χ3v) is 7.23. The van der Waals surface area contributed by atoms with Crippen molar-refractivity contribution in [2.75, 3.05) is 36.5 Å². The number of anilines is 2. The molecule has 2 aliphatic heterocycles. The van der Waals surface area contributed by atoms with E-state index in [1.54, 1.807) is 21.9 Å². The Hall–Kier alpha value is -4.20. The molecule has 1 spiro atoms. The summed E-state index contributed by atoms with van der Waals surface area (Å²) in [5.74, 6) is -1.33. The Balaban J connectivity index is 1.34. The van der Waals surface area contributed by atoms with Gasteiger partial charge in [-0.1, -0.05) is 48.0 Å². The molecule has 1 N–H and O–H groups in total. The van der Waals surface area contributed by atoms with Gasteiger partial charge in [-0.2, -0.15) is 0 Å². The van der Waals surface area contributed by atoms with E-state index >= 15 is 0 Å². The van der Waals surface area contributed by atoms with Crippen molar-refractivity contribution in [3.8, 4) is 0 Å². The van der Waals surface area contributed by atoms with Crippen molar-refractivity contribution in [1.29, 1.82) is 0 Å². The molecule has 0 aromatic heterocycles. The van der Waals surface area contributed by atoms with Gasteiger partial charge in [-0.15, -0.1) is 0 Å². The van der Waals surface area contributed by atoms with E-state index in [2.05, 4.69) is 5.32 Å². The van der Waals surface area contributed by atoms with Crippen LogP contribution in [-0.2, 0) is 9.59 Å². The summed E-state index contributed by atoms with van der Waals surface area (Å²) < 4.78 is 14.2. The number of hydrogen-bond donors (Lipinski definition) is 1. The molecule has 190 valence electrons. The van der Waals surface area contributed by atoms with Gasteiger partial charge in [-0.3, -0.25) is 14.4 Å². The summed E-state index contributed by atoms with van der Waals surface area (Å²) in [4.78, 5) is 44.9. The van der Waals surface area contributed by atoms with Gasteiger partial charge in [0.15, 0.2) is 0 Å². The molecule has 2 fully saturated rings. The molecule has 5 rings (SSSR count). The van der Waals surface area contributed by atoms with Gasteiger partial charge in [0.1, 0.15) is 17.9 Å². The number of amides is 3. The maximum Gasteiger partial charge on any atom is 0.256 e. The molecule has 2 aliphatic rings. The van der Waals surface area contributed by atoms with Gasteiger partial charge in [0, 0.05) is 24.5 Å². The van der Waals surface area contributed by atoms with E-state index in [-0.39, 0.29) is 36.5 Å². The molecule has 3 amide bonds. The van der Waals surface area contributed by atoms with E-state index < -0.39 is 11.4 Å². The second-order valence-electron chi connectivity index (χ2n) is 9.63. The number of likely N-dealkylation sites (tertiary alicyclic amines) is 1. The zero-order chi connectivity index (χ0) is 26.0. The topological polar surface area (TPSA) is 73.0 Å². The van der Waals surface area contributed by atoms with E-state index in [0.29, 0.717) is 31.6 Å². The van der Waals surface area contributed by atoms with Crippen molar-refractivity contribution >= 4 is 29.1 Å². The van der Waals surface area contributed by atoms with E-state index in [9.17, 15) is 18.8 Å². The second-order valence-corrected chi connectivity index (χ2v) is 9.63. The standard InChI is InChI=1S/C29H29FN4O3/c1-21-11-13-22(14-12-21)31-26(35)19-33-20-34(23-7-3-2-4-8-23)29(28(33)37)15-17-32(18-16-29)27(36)24-9-5-6-10-25(24)30/h2-14H,15-20H2,1H3,(H,31,35). The van der Waals surface area contributed by atoms with Crippen LogP contribution in [0.15, 0.2) is 78.9 Å². The van der Waals surface area contributed by atoms with Gasteiger partial charge < -0.3 is 20.0 Å². The first-order valence-corrected chi connectivity index (χ1v) is 12.4. The summed E-state index contributed by atoms with van der Waals surface area (Å²) >= 11 is 0. The molecule has 0 saturated carbocycles. The van der Waals surface area contributed by atoms with Crippen LogP contribution in [0.5, 0.6) is 0 Å². The van der Waals surface area contributed by atoms with Crippen molar-refractivity contribution in [1.82, 2.24) is 9.80 Å². The molecule has 3 aromatic rings. The zero-order valence-corrected chi connectivity index (χ0v) is 20.7. The van der Waals surface area contributed by atoms with Crippen LogP contribution in [-0.4, -0.2) is 59.4 Å². The molecule has 0 atom stereocenters. The van der Waals surface area contributed by atoms with Crippen molar-refractivity contribution in [2.24, 2.45) is 0 Å². The van der Waals surface area contributed by atoms with Gasteiger partial charge in [0.2, 0.25) is 5.91 Å². The predicted molar refractivity (Wildman–Crippen MR) is 140 cm³/mol. The number of halogens is 1. The Bertz CT molecular complexity index is 1300. The van der Waals surface area contributed by atoms with Crippen LogP contribution < -0.4 is 10.2 Å². The average Bonchev–Trinajstić information content (AvgIpc) is 3.17. The van der Waals surface area contributed by atoms with Crippen LogP contribution in [0, 0.1) is 12.7 Å². The number of carbonyl (C=O) groups is 3. The van der Waals surface area contributed by atoms with Gasteiger partial charge in [-0.25, -0.2) is 4.39 Å². The Morgan fingerprint density at radius 2 is 1.57 bits per heavy atom. The normalized spacial score (nSPS) is 16.8. The van der Waals surface area contributed by atoms with Crippen LogP contribution in [0.1, 0.15) is 28.8 Å². The summed E-state index contributed by atoms with van der Waals surface area (Å²) in [6.07, 6.45) is 0.772. The van der Waals surface area contributed by atoms with E-state index in [1.807, 2.05) is 66.4 Å². The fraction of sp³-hybridized carbons (Fsp3) is 0.276. The number of nitrogens with zero attached hydrogens (tertiary/aromatic N) is 3. The van der Waals surface area contributed by atoms with E-state index in [1.165, 1.54) is 12.1 Å². The SMILES string of the molecule is Cc1ccc(NC(=O)CN2CN(c3ccccc3)C3(CCN(C(=O)c4ccccc4F)CC3)C2=O)cc1. The summed E-state index contributed by atoms with van der Waals surface area (Å²) in [5.41, 5.74) is 1.80. The van der Waals surface area contributed by atoms with Crippen LogP contribution in [0.4, 0.5) is 15.8 Å². The quantitative estimate of drug-likeness (QED) is 0.574. The lowest BCUT2D eigenvalue weighted by atomic mass is 9.85. The summed E-state index contributed by atoms with van der Waals surface area (Å²) in [7, 11) is 0. The monoisotopic (exact) mass is 500 g/mol. The minimum absolute atomic E-state index is 0.0329.